The molecule has 1 heterocycles. The van der Waals surface area contributed by atoms with Gasteiger partial charge in [0.15, 0.2) is 0 Å². The molecule has 0 unspecified atom stereocenters. The zero-order valence-electron chi connectivity index (χ0n) is 11.9. The lowest BCUT2D eigenvalue weighted by molar-refractivity contribution is -0.136. The number of para-hydroxylation sites is 1. The molecule has 0 aliphatic carbocycles. The van der Waals surface area contributed by atoms with E-state index in [1.54, 1.807) is 28.9 Å². The van der Waals surface area contributed by atoms with Crippen molar-refractivity contribution in [3.05, 3.63) is 70.3 Å². The van der Waals surface area contributed by atoms with Gasteiger partial charge in [-0.2, -0.15) is 5.10 Å². The Morgan fingerprint density at radius 1 is 1.04 bits per heavy atom. The molecule has 2 aromatic carbocycles. The summed E-state index contributed by atoms with van der Waals surface area (Å²) in [7, 11) is 0. The lowest BCUT2D eigenvalue weighted by Crippen LogP contribution is -2.01. The van der Waals surface area contributed by atoms with Crippen LogP contribution in [-0.2, 0) is 11.2 Å². The predicted octanol–water partition coefficient (Wildman–Crippen LogP) is 4.47. The van der Waals surface area contributed by atoms with Crippen molar-refractivity contribution in [2.45, 2.75) is 6.42 Å². The van der Waals surface area contributed by atoms with Crippen molar-refractivity contribution in [1.82, 2.24) is 9.78 Å². The fourth-order valence-corrected chi connectivity index (χ4v) is 2.74. The van der Waals surface area contributed by atoms with E-state index in [-0.39, 0.29) is 6.42 Å². The first-order valence-electron chi connectivity index (χ1n) is 6.87. The van der Waals surface area contributed by atoms with Gasteiger partial charge in [0.2, 0.25) is 0 Å². The Kier molecular flexibility index (Phi) is 4.37. The standard InChI is InChI=1S/C17H12Cl2N2O2/c18-12-8-6-11(7-9-12)16-14(10-15(22)23)17(19)21(20-16)13-4-2-1-3-5-13/h1-9H,10H2,(H,22,23). The number of hydrogen-bond donors (Lipinski definition) is 1. The van der Waals surface area contributed by atoms with Crippen LogP contribution in [0.25, 0.3) is 16.9 Å². The molecule has 1 N–H and O–H groups in total. The number of aromatic nitrogens is 2. The average molecular weight is 347 g/mol. The summed E-state index contributed by atoms with van der Waals surface area (Å²) in [4.78, 5) is 11.2. The number of carboxylic acids is 1. The highest BCUT2D eigenvalue weighted by Gasteiger charge is 2.20. The van der Waals surface area contributed by atoms with Crippen LogP contribution in [0, 0.1) is 0 Å². The molecule has 0 fully saturated rings. The highest BCUT2D eigenvalue weighted by atomic mass is 35.5. The molecule has 0 aliphatic heterocycles. The number of aliphatic carboxylic acids is 1. The molecule has 4 nitrogen and oxygen atoms in total. The Balaban J connectivity index is 2.17. The molecule has 0 bridgehead atoms. The van der Waals surface area contributed by atoms with Crippen molar-refractivity contribution in [3.63, 3.8) is 0 Å². The maximum absolute atomic E-state index is 11.2. The molecule has 0 aliphatic rings. The molecular weight excluding hydrogens is 335 g/mol. The Bertz CT molecular complexity index is 843. The second-order valence-electron chi connectivity index (χ2n) is 4.94. The molecule has 0 spiro atoms. The van der Waals surface area contributed by atoms with Crippen molar-refractivity contribution in [2.75, 3.05) is 0 Å². The molecule has 116 valence electrons. The molecule has 3 rings (SSSR count). The summed E-state index contributed by atoms with van der Waals surface area (Å²) in [6, 6.07) is 16.4. The van der Waals surface area contributed by atoms with E-state index >= 15 is 0 Å². The Labute approximate surface area is 142 Å². The molecule has 23 heavy (non-hydrogen) atoms. The first kappa shape index (κ1) is 15.6. The Hall–Kier alpha value is -2.30. The monoisotopic (exact) mass is 346 g/mol. The topological polar surface area (TPSA) is 55.1 Å². The van der Waals surface area contributed by atoms with Gasteiger partial charge >= 0.3 is 5.97 Å². The van der Waals surface area contributed by atoms with Crippen LogP contribution < -0.4 is 0 Å². The van der Waals surface area contributed by atoms with Gasteiger partial charge in [-0.3, -0.25) is 4.79 Å². The fourth-order valence-electron chi connectivity index (χ4n) is 2.32. The minimum Gasteiger partial charge on any atom is -0.481 e. The van der Waals surface area contributed by atoms with E-state index in [1.807, 2.05) is 30.3 Å². The number of benzene rings is 2. The van der Waals surface area contributed by atoms with Crippen LogP contribution in [0.2, 0.25) is 10.2 Å². The minimum absolute atomic E-state index is 0.205. The highest BCUT2D eigenvalue weighted by molar-refractivity contribution is 6.31. The van der Waals surface area contributed by atoms with Crippen LogP contribution >= 0.6 is 23.2 Å². The van der Waals surface area contributed by atoms with E-state index in [2.05, 4.69) is 5.10 Å². The van der Waals surface area contributed by atoms with E-state index < -0.39 is 5.97 Å². The van der Waals surface area contributed by atoms with Crippen molar-refractivity contribution < 1.29 is 9.90 Å². The smallest absolute Gasteiger partial charge is 0.308 e. The van der Waals surface area contributed by atoms with Gasteiger partial charge in [0.05, 0.1) is 17.8 Å². The summed E-state index contributed by atoms with van der Waals surface area (Å²) in [5.41, 5.74) is 2.55. The van der Waals surface area contributed by atoms with E-state index in [4.69, 9.17) is 28.3 Å². The zero-order chi connectivity index (χ0) is 16.4. The van der Waals surface area contributed by atoms with E-state index in [9.17, 15) is 4.79 Å². The summed E-state index contributed by atoms with van der Waals surface area (Å²) >= 11 is 12.3. The number of carboxylic acid groups (broad SMARTS) is 1. The van der Waals surface area contributed by atoms with Crippen molar-refractivity contribution in [3.8, 4) is 16.9 Å². The minimum atomic E-state index is -0.963. The number of rotatable bonds is 4. The van der Waals surface area contributed by atoms with Gasteiger partial charge in [0.1, 0.15) is 5.15 Å². The van der Waals surface area contributed by atoms with Gasteiger partial charge in [-0.15, -0.1) is 0 Å². The summed E-state index contributed by atoms with van der Waals surface area (Å²) in [6.07, 6.45) is -0.205. The maximum atomic E-state index is 11.2. The zero-order valence-corrected chi connectivity index (χ0v) is 13.4. The average Bonchev–Trinajstić information content (AvgIpc) is 2.86. The lowest BCUT2D eigenvalue weighted by atomic mass is 10.1. The Morgan fingerprint density at radius 2 is 1.70 bits per heavy atom. The number of nitrogens with zero attached hydrogens (tertiary/aromatic N) is 2. The van der Waals surface area contributed by atoms with Gasteiger partial charge in [-0.05, 0) is 24.3 Å². The quantitative estimate of drug-likeness (QED) is 0.757. The third kappa shape index (κ3) is 3.23. The third-order valence-electron chi connectivity index (χ3n) is 3.37. The fraction of sp³-hybridized carbons (Fsp3) is 0.0588. The van der Waals surface area contributed by atoms with Crippen LogP contribution in [0.5, 0.6) is 0 Å². The number of halogens is 2. The molecule has 6 heteroatoms. The molecule has 0 saturated heterocycles. The first-order chi connectivity index (χ1) is 11.1. The van der Waals surface area contributed by atoms with Crippen molar-refractivity contribution in [2.24, 2.45) is 0 Å². The lowest BCUT2D eigenvalue weighted by Gasteiger charge is -2.02. The van der Waals surface area contributed by atoms with Gasteiger partial charge in [0.25, 0.3) is 0 Å². The van der Waals surface area contributed by atoms with Crippen LogP contribution in [0.1, 0.15) is 5.56 Å². The van der Waals surface area contributed by atoms with Crippen LogP contribution in [0.3, 0.4) is 0 Å². The summed E-state index contributed by atoms with van der Waals surface area (Å²) in [6.45, 7) is 0. The van der Waals surface area contributed by atoms with E-state index in [0.717, 1.165) is 11.3 Å². The summed E-state index contributed by atoms with van der Waals surface area (Å²) in [5, 5.41) is 14.6. The largest absolute Gasteiger partial charge is 0.481 e. The van der Waals surface area contributed by atoms with Gasteiger partial charge in [0, 0.05) is 16.1 Å². The summed E-state index contributed by atoms with van der Waals surface area (Å²) in [5.74, 6) is -0.963. The van der Waals surface area contributed by atoms with Gasteiger partial charge in [-0.25, -0.2) is 4.68 Å². The SMILES string of the molecule is O=C(O)Cc1c(-c2ccc(Cl)cc2)nn(-c2ccccc2)c1Cl. The van der Waals surface area contributed by atoms with Crippen LogP contribution in [0.4, 0.5) is 0 Å². The van der Waals surface area contributed by atoms with E-state index in [1.165, 1.54) is 0 Å². The predicted molar refractivity (Wildman–Crippen MR) is 90.4 cm³/mol. The second-order valence-corrected chi connectivity index (χ2v) is 5.74. The number of hydrogen-bond acceptors (Lipinski definition) is 2. The van der Waals surface area contributed by atoms with Crippen molar-refractivity contribution >= 4 is 29.2 Å². The Morgan fingerprint density at radius 3 is 2.30 bits per heavy atom. The molecule has 1 aromatic heterocycles. The van der Waals surface area contributed by atoms with Crippen molar-refractivity contribution in [1.29, 1.82) is 0 Å². The molecule has 3 aromatic rings. The molecule has 0 atom stereocenters. The molecule has 0 radical (unpaired) electrons. The van der Waals surface area contributed by atoms with Gasteiger partial charge < -0.3 is 5.11 Å². The van der Waals surface area contributed by atoms with Gasteiger partial charge in [-0.1, -0.05) is 53.5 Å². The first-order valence-corrected chi connectivity index (χ1v) is 7.62. The summed E-state index contributed by atoms with van der Waals surface area (Å²) < 4.78 is 1.55. The van der Waals surface area contributed by atoms with E-state index in [0.29, 0.717) is 21.4 Å². The number of carbonyl (C=O) groups is 1. The third-order valence-corrected chi connectivity index (χ3v) is 4.01. The van der Waals surface area contributed by atoms with Crippen LogP contribution in [-0.4, -0.2) is 20.9 Å². The maximum Gasteiger partial charge on any atom is 0.308 e. The second kappa shape index (κ2) is 6.44. The molecular formula is C17H12Cl2N2O2. The normalized spacial score (nSPS) is 10.7. The molecule has 0 saturated carbocycles. The molecule has 0 amide bonds. The van der Waals surface area contributed by atoms with Crippen LogP contribution in [0.15, 0.2) is 54.6 Å². The highest BCUT2D eigenvalue weighted by Crippen LogP contribution is 2.31.